The third kappa shape index (κ3) is 4.28. The smallest absolute Gasteiger partial charge is 0.295 e. The molecule has 2 N–H and O–H groups in total. The summed E-state index contributed by atoms with van der Waals surface area (Å²) in [7, 11) is 0. The van der Waals surface area contributed by atoms with E-state index in [2.05, 4.69) is 4.98 Å². The van der Waals surface area contributed by atoms with E-state index in [4.69, 9.17) is 5.21 Å². The molecule has 1 fully saturated rings. The summed E-state index contributed by atoms with van der Waals surface area (Å²) in [5.74, 6) is -1.91. The van der Waals surface area contributed by atoms with E-state index in [-0.39, 0.29) is 5.92 Å². The Hall–Kier alpha value is -3.49. The molecule has 0 unspecified atom stereocenters. The number of halogens is 1. The number of piperidine rings is 1. The number of Topliss-reactive ketones (excluding diaryl/α,β-unsaturated/α-hetero) is 1. The lowest BCUT2D eigenvalue weighted by Crippen LogP contribution is -2.41. The van der Waals surface area contributed by atoms with Crippen LogP contribution in [0.2, 0.25) is 0 Å². The summed E-state index contributed by atoms with van der Waals surface area (Å²) in [6, 6.07) is 15.3. The summed E-state index contributed by atoms with van der Waals surface area (Å²) >= 11 is 0. The molecule has 0 bridgehead atoms. The molecule has 2 heterocycles. The van der Waals surface area contributed by atoms with Crippen LogP contribution in [0.15, 0.2) is 54.6 Å². The molecule has 3 aromatic rings. The van der Waals surface area contributed by atoms with E-state index in [9.17, 15) is 19.2 Å². The van der Waals surface area contributed by atoms with Crippen molar-refractivity contribution in [3.8, 4) is 11.3 Å². The van der Waals surface area contributed by atoms with E-state index in [1.807, 2.05) is 30.3 Å². The number of nitrogens with zero attached hydrogens (tertiary/aromatic N) is 2. The Bertz CT molecular complexity index is 1140. The highest BCUT2D eigenvalue weighted by Gasteiger charge is 2.30. The van der Waals surface area contributed by atoms with E-state index in [0.29, 0.717) is 42.8 Å². The Morgan fingerprint density at radius 1 is 1.12 bits per heavy atom. The molecule has 8 heteroatoms. The Balaban J connectivity index is 1.43. The monoisotopic (exact) mass is 436 g/mol. The van der Waals surface area contributed by atoms with Gasteiger partial charge in [0, 0.05) is 30.0 Å². The summed E-state index contributed by atoms with van der Waals surface area (Å²) in [5, 5.41) is 19.7. The summed E-state index contributed by atoms with van der Waals surface area (Å²) < 4.78 is 13.7. The number of aromatic amines is 1. The zero-order chi connectivity index (χ0) is 22.8. The number of amides is 1. The van der Waals surface area contributed by atoms with Gasteiger partial charge in [-0.15, -0.1) is 0 Å². The summed E-state index contributed by atoms with van der Waals surface area (Å²) in [6.07, 6.45) is 1.13. The molecule has 1 aromatic heterocycles. The molecule has 1 amide bonds. The molecule has 1 aliphatic heterocycles. The average Bonchev–Trinajstić information content (AvgIpc) is 3.20. The lowest BCUT2D eigenvalue weighted by molar-refractivity contribution is -0.127. The number of hydrogen-bond donors (Lipinski definition) is 2. The van der Waals surface area contributed by atoms with Gasteiger partial charge in [0.2, 0.25) is 0 Å². The van der Waals surface area contributed by atoms with Crippen LogP contribution in [-0.4, -0.2) is 39.9 Å². The van der Waals surface area contributed by atoms with E-state index >= 15 is 0 Å². The van der Waals surface area contributed by atoms with Crippen molar-refractivity contribution in [1.29, 1.82) is 0 Å². The second-order valence-corrected chi connectivity index (χ2v) is 7.97. The minimum absolute atomic E-state index is 0.00729. The predicted molar refractivity (Wildman–Crippen MR) is 118 cm³/mol. The minimum atomic E-state index is -0.804. The van der Waals surface area contributed by atoms with E-state index in [0.717, 1.165) is 17.3 Å². The topological polar surface area (TPSA) is 99.7 Å². The number of carbonyl (C=O) groups is 2. The Labute approximate surface area is 184 Å². The maximum absolute atomic E-state index is 13.7. The van der Waals surface area contributed by atoms with Crippen molar-refractivity contribution in [1.82, 2.24) is 9.88 Å². The van der Waals surface area contributed by atoms with E-state index in [1.54, 1.807) is 19.1 Å². The number of anilines is 1. The highest BCUT2D eigenvalue weighted by Crippen LogP contribution is 2.32. The first-order valence-corrected chi connectivity index (χ1v) is 10.4. The number of carbonyl (C=O) groups excluding carboxylic acids is 2. The van der Waals surface area contributed by atoms with Crippen molar-refractivity contribution >= 4 is 17.4 Å². The third-order valence-electron chi connectivity index (χ3n) is 5.97. The fraction of sp³-hybridized carbons (Fsp3) is 0.250. The highest BCUT2D eigenvalue weighted by atomic mass is 19.1. The van der Waals surface area contributed by atoms with Crippen LogP contribution in [0.1, 0.15) is 40.4 Å². The van der Waals surface area contributed by atoms with Gasteiger partial charge in [0.05, 0.1) is 5.69 Å². The van der Waals surface area contributed by atoms with E-state index in [1.165, 1.54) is 11.0 Å². The number of aryl methyl sites for hydroxylation is 1. The van der Waals surface area contributed by atoms with Gasteiger partial charge >= 0.3 is 0 Å². The van der Waals surface area contributed by atoms with Crippen LogP contribution in [0, 0.1) is 17.9 Å². The molecule has 1 saturated heterocycles. The second kappa shape index (κ2) is 8.94. The van der Waals surface area contributed by atoms with Crippen LogP contribution in [0.3, 0.4) is 0 Å². The summed E-state index contributed by atoms with van der Waals surface area (Å²) in [5.41, 5.74) is 2.99. The first-order valence-electron chi connectivity index (χ1n) is 10.4. The normalized spacial score (nSPS) is 14.4. The molecule has 32 heavy (non-hydrogen) atoms. The van der Waals surface area contributed by atoms with Gasteiger partial charge in [0.1, 0.15) is 5.82 Å². The Morgan fingerprint density at radius 2 is 1.81 bits per heavy atom. The van der Waals surface area contributed by atoms with Gasteiger partial charge < -0.3 is 20.3 Å². The SMILES string of the molecule is Cc1[nH]c(-c2ccccc2)cc1C(=O)C(=O)N1CCC(c2ccc(F)c(N([O-])O)c2)CC1. The number of ketones is 1. The Morgan fingerprint density at radius 3 is 2.47 bits per heavy atom. The van der Waals surface area contributed by atoms with Crippen LogP contribution in [0.4, 0.5) is 10.1 Å². The quantitative estimate of drug-likeness (QED) is 0.351. The molecule has 0 atom stereocenters. The molecular formula is C24H23FN3O4-. The fourth-order valence-electron chi connectivity index (χ4n) is 4.17. The molecule has 4 rings (SSSR count). The van der Waals surface area contributed by atoms with Crippen LogP contribution in [0.25, 0.3) is 11.3 Å². The second-order valence-electron chi connectivity index (χ2n) is 7.97. The standard InChI is InChI=1S/C24H23FN3O4/c1-15-19(14-21(26-15)17-5-3-2-4-6-17)23(29)24(30)27-11-9-16(10-12-27)18-7-8-20(25)22(13-18)28(31)32/h2-8,13-14,16,26,31H,9-12H2,1H3/q-1. The molecule has 1 aliphatic rings. The largest absolute Gasteiger partial charge is 0.733 e. The lowest BCUT2D eigenvalue weighted by Gasteiger charge is -2.32. The predicted octanol–water partition coefficient (Wildman–Crippen LogP) is 4.41. The van der Waals surface area contributed by atoms with Gasteiger partial charge in [0.15, 0.2) is 0 Å². The van der Waals surface area contributed by atoms with Crippen LogP contribution < -0.4 is 5.23 Å². The van der Waals surface area contributed by atoms with Gasteiger partial charge in [-0.3, -0.25) is 14.8 Å². The molecule has 0 aliphatic carbocycles. The number of rotatable bonds is 5. The molecule has 0 saturated carbocycles. The molecule has 2 aromatic carbocycles. The average molecular weight is 436 g/mol. The summed E-state index contributed by atoms with van der Waals surface area (Å²) in [6.45, 7) is 2.51. The molecule has 0 radical (unpaired) electrons. The highest BCUT2D eigenvalue weighted by molar-refractivity contribution is 6.43. The van der Waals surface area contributed by atoms with Gasteiger partial charge in [-0.1, -0.05) is 36.4 Å². The van der Waals surface area contributed by atoms with Crippen molar-refractivity contribution in [2.75, 3.05) is 18.3 Å². The van der Waals surface area contributed by atoms with Crippen molar-refractivity contribution in [3.05, 3.63) is 82.4 Å². The third-order valence-corrected chi connectivity index (χ3v) is 5.97. The van der Waals surface area contributed by atoms with E-state index < -0.39 is 28.4 Å². The van der Waals surface area contributed by atoms with Gasteiger partial charge in [-0.2, -0.15) is 0 Å². The zero-order valence-electron chi connectivity index (χ0n) is 17.5. The van der Waals surface area contributed by atoms with Gasteiger partial charge in [0.25, 0.3) is 11.7 Å². The van der Waals surface area contributed by atoms with Crippen molar-refractivity contribution in [2.24, 2.45) is 0 Å². The molecular weight excluding hydrogens is 413 g/mol. The number of hydrogen-bond acceptors (Lipinski definition) is 5. The fourth-order valence-corrected chi connectivity index (χ4v) is 4.17. The van der Waals surface area contributed by atoms with Gasteiger partial charge in [-0.05, 0) is 55.0 Å². The van der Waals surface area contributed by atoms with Crippen LogP contribution >= 0.6 is 0 Å². The molecule has 7 nitrogen and oxygen atoms in total. The zero-order valence-corrected chi connectivity index (χ0v) is 17.5. The van der Waals surface area contributed by atoms with Crippen molar-refractivity contribution in [3.63, 3.8) is 0 Å². The number of nitrogens with one attached hydrogen (secondary N) is 1. The Kier molecular flexibility index (Phi) is 6.07. The minimum Gasteiger partial charge on any atom is -0.733 e. The number of H-pyrrole nitrogens is 1. The first-order chi connectivity index (χ1) is 15.3. The maximum Gasteiger partial charge on any atom is 0.295 e. The number of aromatic nitrogens is 1. The van der Waals surface area contributed by atoms with Crippen LogP contribution in [-0.2, 0) is 4.79 Å². The maximum atomic E-state index is 13.7. The van der Waals surface area contributed by atoms with Crippen molar-refractivity contribution < 1.29 is 19.2 Å². The number of likely N-dealkylation sites (tertiary alicyclic amines) is 1. The van der Waals surface area contributed by atoms with Crippen molar-refractivity contribution in [2.45, 2.75) is 25.7 Å². The summed E-state index contributed by atoms with van der Waals surface area (Å²) in [4.78, 5) is 30.5. The first kappa shape index (κ1) is 21.7. The number of benzene rings is 2. The van der Waals surface area contributed by atoms with Crippen LogP contribution in [0.5, 0.6) is 0 Å². The molecule has 0 spiro atoms. The molecule has 166 valence electrons. The van der Waals surface area contributed by atoms with Gasteiger partial charge in [-0.25, -0.2) is 4.39 Å². The lowest BCUT2D eigenvalue weighted by atomic mass is 9.89.